The van der Waals surface area contributed by atoms with Gasteiger partial charge in [0.15, 0.2) is 0 Å². The van der Waals surface area contributed by atoms with Crippen molar-refractivity contribution in [2.75, 3.05) is 0 Å². The predicted octanol–water partition coefficient (Wildman–Crippen LogP) is 4.14. The van der Waals surface area contributed by atoms with Gasteiger partial charge in [-0.25, -0.2) is 9.97 Å². The fraction of sp³-hybridized carbons (Fsp3) is 0.259. The Labute approximate surface area is 196 Å². The normalized spacial score (nSPS) is 21.0. The summed E-state index contributed by atoms with van der Waals surface area (Å²) in [4.78, 5) is 36.6. The molecule has 2 fully saturated rings. The van der Waals surface area contributed by atoms with Crippen LogP contribution in [0.3, 0.4) is 0 Å². The van der Waals surface area contributed by atoms with Crippen LogP contribution >= 0.6 is 0 Å². The van der Waals surface area contributed by atoms with Crippen LogP contribution in [0.15, 0.2) is 65.2 Å². The maximum absolute atomic E-state index is 13.9. The van der Waals surface area contributed by atoms with Crippen LogP contribution in [0, 0.1) is 12.8 Å². The van der Waals surface area contributed by atoms with Crippen molar-refractivity contribution in [3.8, 4) is 11.3 Å². The molecule has 2 amide bonds. The maximum Gasteiger partial charge on any atom is 0.258 e. The Morgan fingerprint density at radius 2 is 1.91 bits per heavy atom. The van der Waals surface area contributed by atoms with Crippen LogP contribution in [0.1, 0.15) is 45.1 Å². The zero-order valence-electron chi connectivity index (χ0n) is 18.8. The number of primary amides is 1. The van der Waals surface area contributed by atoms with Crippen LogP contribution in [0.5, 0.6) is 0 Å². The minimum absolute atomic E-state index is 0.0127. The number of carbonyl (C=O) groups is 2. The highest BCUT2D eigenvalue weighted by molar-refractivity contribution is 6.05. The van der Waals surface area contributed by atoms with Crippen LogP contribution in [-0.2, 0) is 6.42 Å². The van der Waals surface area contributed by atoms with Crippen molar-refractivity contribution in [1.82, 2.24) is 14.9 Å². The lowest BCUT2D eigenvalue weighted by molar-refractivity contribution is 0.0696. The van der Waals surface area contributed by atoms with Crippen LogP contribution in [0.25, 0.3) is 22.2 Å². The Balaban J connectivity index is 1.33. The van der Waals surface area contributed by atoms with Gasteiger partial charge in [0, 0.05) is 35.7 Å². The molecule has 0 spiro atoms. The van der Waals surface area contributed by atoms with Gasteiger partial charge in [0.1, 0.15) is 17.2 Å². The van der Waals surface area contributed by atoms with Gasteiger partial charge in [0.05, 0.1) is 16.8 Å². The van der Waals surface area contributed by atoms with Crippen molar-refractivity contribution in [3.05, 3.63) is 83.5 Å². The summed E-state index contributed by atoms with van der Waals surface area (Å²) < 4.78 is 6.04. The molecule has 1 aliphatic heterocycles. The number of benzene rings is 2. The van der Waals surface area contributed by atoms with Crippen molar-refractivity contribution < 1.29 is 14.0 Å². The van der Waals surface area contributed by atoms with E-state index in [0.29, 0.717) is 46.0 Å². The molecule has 7 heteroatoms. The third kappa shape index (κ3) is 3.44. The SMILES string of the molecule is Cc1ncc(C(=O)N2[C@H](Cc3cc4c(C(N)=O)cccc4o3)C[C@@H]3C[C@@H]32)c(-c2ccccc2)n1. The summed E-state index contributed by atoms with van der Waals surface area (Å²) in [7, 11) is 0. The first kappa shape index (κ1) is 20.6. The molecule has 0 bridgehead atoms. The highest BCUT2D eigenvalue weighted by atomic mass is 16.3. The van der Waals surface area contributed by atoms with E-state index >= 15 is 0 Å². The minimum atomic E-state index is -0.482. The van der Waals surface area contributed by atoms with Gasteiger partial charge in [0.25, 0.3) is 5.91 Å². The van der Waals surface area contributed by atoms with Crippen molar-refractivity contribution in [2.24, 2.45) is 11.7 Å². The van der Waals surface area contributed by atoms with Crippen molar-refractivity contribution in [2.45, 2.75) is 38.3 Å². The van der Waals surface area contributed by atoms with Gasteiger partial charge >= 0.3 is 0 Å². The molecule has 170 valence electrons. The average molecular weight is 453 g/mol. The topological polar surface area (TPSA) is 102 Å². The monoisotopic (exact) mass is 452 g/mol. The summed E-state index contributed by atoms with van der Waals surface area (Å²) >= 11 is 0. The Bertz CT molecular complexity index is 1430. The van der Waals surface area contributed by atoms with Gasteiger partial charge in [-0.3, -0.25) is 9.59 Å². The maximum atomic E-state index is 13.9. The summed E-state index contributed by atoms with van der Waals surface area (Å²) in [6, 6.07) is 17.2. The average Bonchev–Trinajstić information content (AvgIpc) is 3.31. The van der Waals surface area contributed by atoms with Crippen LogP contribution in [0.4, 0.5) is 0 Å². The van der Waals surface area contributed by atoms with Gasteiger partial charge in [-0.1, -0.05) is 36.4 Å². The van der Waals surface area contributed by atoms with Crippen LogP contribution in [0.2, 0.25) is 0 Å². The van der Waals surface area contributed by atoms with Gasteiger partial charge < -0.3 is 15.1 Å². The highest BCUT2D eigenvalue weighted by Crippen LogP contribution is 2.49. The number of nitrogens with zero attached hydrogens (tertiary/aromatic N) is 3. The first-order valence-electron chi connectivity index (χ1n) is 11.5. The van der Waals surface area contributed by atoms with Crippen LogP contribution in [-0.4, -0.2) is 38.8 Å². The first-order valence-corrected chi connectivity index (χ1v) is 11.5. The van der Waals surface area contributed by atoms with E-state index in [9.17, 15) is 9.59 Å². The summed E-state index contributed by atoms with van der Waals surface area (Å²) in [5.74, 6) is 1.37. The third-order valence-corrected chi connectivity index (χ3v) is 6.95. The summed E-state index contributed by atoms with van der Waals surface area (Å²) in [5, 5.41) is 0.712. The number of nitrogens with two attached hydrogens (primary N) is 1. The lowest BCUT2D eigenvalue weighted by Gasteiger charge is -2.28. The second kappa shape index (κ2) is 7.80. The molecule has 6 rings (SSSR count). The lowest BCUT2D eigenvalue weighted by Crippen LogP contribution is -2.40. The second-order valence-electron chi connectivity index (χ2n) is 9.21. The van der Waals surface area contributed by atoms with Crippen molar-refractivity contribution in [3.63, 3.8) is 0 Å². The molecular formula is C27H24N4O3. The van der Waals surface area contributed by atoms with Gasteiger partial charge in [-0.05, 0) is 43.9 Å². The summed E-state index contributed by atoms with van der Waals surface area (Å²) in [6.07, 6.45) is 4.20. The molecule has 2 aliphatic rings. The lowest BCUT2D eigenvalue weighted by atomic mass is 10.0. The predicted molar refractivity (Wildman–Crippen MR) is 127 cm³/mol. The van der Waals surface area contributed by atoms with Crippen LogP contribution < -0.4 is 5.73 Å². The quantitative estimate of drug-likeness (QED) is 0.490. The number of aromatic nitrogens is 2. The van der Waals surface area contributed by atoms with E-state index in [1.54, 1.807) is 18.3 Å². The van der Waals surface area contributed by atoms with E-state index in [4.69, 9.17) is 10.2 Å². The van der Waals surface area contributed by atoms with Gasteiger partial charge in [-0.15, -0.1) is 0 Å². The van der Waals surface area contributed by atoms with Crippen molar-refractivity contribution in [1.29, 1.82) is 0 Å². The third-order valence-electron chi connectivity index (χ3n) is 6.95. The number of hydrogen-bond acceptors (Lipinski definition) is 5. The summed E-state index contributed by atoms with van der Waals surface area (Å²) in [5.41, 5.74) is 8.69. The van der Waals surface area contributed by atoms with Crippen molar-refractivity contribution >= 4 is 22.8 Å². The van der Waals surface area contributed by atoms with E-state index in [0.717, 1.165) is 24.2 Å². The second-order valence-corrected chi connectivity index (χ2v) is 9.21. The zero-order valence-corrected chi connectivity index (χ0v) is 18.8. The zero-order chi connectivity index (χ0) is 23.4. The largest absolute Gasteiger partial charge is 0.461 e. The molecule has 34 heavy (non-hydrogen) atoms. The number of rotatable bonds is 5. The number of amides is 2. The Kier molecular flexibility index (Phi) is 4.72. The summed E-state index contributed by atoms with van der Waals surface area (Å²) in [6.45, 7) is 1.83. The van der Waals surface area contributed by atoms with E-state index in [1.165, 1.54) is 0 Å². The molecule has 2 aromatic heterocycles. The number of hydrogen-bond donors (Lipinski definition) is 1. The Morgan fingerprint density at radius 1 is 1.09 bits per heavy atom. The molecule has 3 heterocycles. The smallest absolute Gasteiger partial charge is 0.258 e. The molecule has 7 nitrogen and oxygen atoms in total. The molecule has 3 atom stereocenters. The molecule has 1 saturated carbocycles. The van der Waals surface area contributed by atoms with Gasteiger partial charge in [-0.2, -0.15) is 0 Å². The van der Waals surface area contributed by atoms with E-state index < -0.39 is 5.91 Å². The standard InChI is InChI=1S/C27H24N4O3/c1-15-29-14-22(25(30-15)16-6-3-2-4-7-16)27(33)31-18(10-17-11-23(17)31)12-19-13-21-20(26(28)32)8-5-9-24(21)34-19/h2-9,13-14,17-18,23H,10-12H2,1H3,(H2,28,32)/t17-,18+,23+/m1/s1. The number of fused-ring (bicyclic) bond motifs is 2. The van der Waals surface area contributed by atoms with E-state index in [-0.39, 0.29) is 18.0 Å². The number of furan rings is 1. The molecule has 0 unspecified atom stereocenters. The fourth-order valence-electron chi connectivity index (χ4n) is 5.30. The molecule has 2 aromatic carbocycles. The molecule has 1 saturated heterocycles. The molecule has 2 N–H and O–H groups in total. The van der Waals surface area contributed by atoms with E-state index in [1.807, 2.05) is 54.3 Å². The molecule has 4 aromatic rings. The number of likely N-dealkylation sites (tertiary alicyclic amines) is 1. The molecular weight excluding hydrogens is 428 g/mol. The minimum Gasteiger partial charge on any atom is -0.461 e. The first-order chi connectivity index (χ1) is 16.5. The Morgan fingerprint density at radius 3 is 2.71 bits per heavy atom. The fourth-order valence-corrected chi connectivity index (χ4v) is 5.30. The van der Waals surface area contributed by atoms with E-state index in [2.05, 4.69) is 9.97 Å². The number of piperidine rings is 1. The highest BCUT2D eigenvalue weighted by Gasteiger charge is 2.54. The molecule has 1 aliphatic carbocycles. The Hall–Kier alpha value is -4.00. The molecule has 0 radical (unpaired) electrons. The van der Waals surface area contributed by atoms with Gasteiger partial charge in [0.2, 0.25) is 5.91 Å². The number of aryl methyl sites for hydroxylation is 1. The number of carbonyl (C=O) groups excluding carboxylic acids is 2.